The van der Waals surface area contributed by atoms with Gasteiger partial charge in [-0.05, 0) is 23.6 Å². The highest BCUT2D eigenvalue weighted by Gasteiger charge is 2.14. The Kier molecular flexibility index (Phi) is 3.56. The first kappa shape index (κ1) is 11.8. The molecule has 0 bridgehead atoms. The second-order valence-corrected chi connectivity index (χ2v) is 4.11. The molecule has 0 aliphatic carbocycles. The van der Waals surface area contributed by atoms with Crippen LogP contribution in [0.4, 0.5) is 0 Å². The molecule has 17 heavy (non-hydrogen) atoms. The van der Waals surface area contributed by atoms with Crippen LogP contribution in [0.5, 0.6) is 0 Å². The quantitative estimate of drug-likeness (QED) is 0.618. The van der Waals surface area contributed by atoms with Crippen LogP contribution in [0.3, 0.4) is 0 Å². The van der Waals surface area contributed by atoms with E-state index in [4.69, 9.17) is 5.84 Å². The monoisotopic (exact) mass is 230 g/mol. The number of benzene rings is 1. The predicted octanol–water partition coefficient (Wildman–Crippen LogP) is 1.54. The maximum absolute atomic E-state index is 5.62. The van der Waals surface area contributed by atoms with Gasteiger partial charge in [0.2, 0.25) is 0 Å². The van der Waals surface area contributed by atoms with Gasteiger partial charge in [-0.25, -0.2) is 5.43 Å². The van der Waals surface area contributed by atoms with Crippen LogP contribution >= 0.6 is 0 Å². The zero-order chi connectivity index (χ0) is 12.3. The Hall–Kier alpha value is -1.65. The second kappa shape index (κ2) is 5.12. The van der Waals surface area contributed by atoms with Crippen molar-refractivity contribution in [1.29, 1.82) is 0 Å². The standard InChI is InChI=1S/C13H18N4/c1-3-10-4-6-11(7-5-10)13(15-14)12-8-9-17(2)16-12/h4-9,13,15H,3,14H2,1-2H3. The van der Waals surface area contributed by atoms with E-state index in [9.17, 15) is 0 Å². The van der Waals surface area contributed by atoms with Crippen molar-refractivity contribution >= 4 is 0 Å². The molecular formula is C13H18N4. The van der Waals surface area contributed by atoms with E-state index in [0.717, 1.165) is 17.7 Å². The van der Waals surface area contributed by atoms with Gasteiger partial charge in [0, 0.05) is 13.2 Å². The average Bonchev–Trinajstić information content (AvgIpc) is 2.78. The fraction of sp³-hybridized carbons (Fsp3) is 0.308. The maximum Gasteiger partial charge on any atom is 0.0899 e. The number of nitrogens with zero attached hydrogens (tertiary/aromatic N) is 2. The first-order valence-corrected chi connectivity index (χ1v) is 5.79. The van der Waals surface area contributed by atoms with Crippen molar-refractivity contribution in [2.24, 2.45) is 12.9 Å². The van der Waals surface area contributed by atoms with E-state index in [1.54, 1.807) is 4.68 Å². The Morgan fingerprint density at radius 1 is 1.29 bits per heavy atom. The van der Waals surface area contributed by atoms with Gasteiger partial charge in [-0.3, -0.25) is 10.5 Å². The highest BCUT2D eigenvalue weighted by atomic mass is 15.3. The van der Waals surface area contributed by atoms with Gasteiger partial charge < -0.3 is 0 Å². The van der Waals surface area contributed by atoms with E-state index < -0.39 is 0 Å². The average molecular weight is 230 g/mol. The highest BCUT2D eigenvalue weighted by Crippen LogP contribution is 2.20. The van der Waals surface area contributed by atoms with Gasteiger partial charge in [-0.1, -0.05) is 31.2 Å². The molecule has 1 aromatic heterocycles. The van der Waals surface area contributed by atoms with Crippen LogP contribution in [0.25, 0.3) is 0 Å². The summed E-state index contributed by atoms with van der Waals surface area (Å²) < 4.78 is 1.78. The van der Waals surface area contributed by atoms with Crippen molar-refractivity contribution in [2.75, 3.05) is 0 Å². The third kappa shape index (κ3) is 2.54. The molecule has 2 aromatic rings. The van der Waals surface area contributed by atoms with Crippen molar-refractivity contribution in [3.05, 3.63) is 53.3 Å². The summed E-state index contributed by atoms with van der Waals surface area (Å²) in [5.41, 5.74) is 6.19. The van der Waals surface area contributed by atoms with Crippen LogP contribution in [-0.4, -0.2) is 9.78 Å². The Labute approximate surface area is 101 Å². The molecule has 0 saturated heterocycles. The van der Waals surface area contributed by atoms with Crippen molar-refractivity contribution in [2.45, 2.75) is 19.4 Å². The van der Waals surface area contributed by atoms with Crippen LogP contribution in [0.2, 0.25) is 0 Å². The largest absolute Gasteiger partial charge is 0.275 e. The lowest BCUT2D eigenvalue weighted by Crippen LogP contribution is -2.29. The lowest BCUT2D eigenvalue weighted by atomic mass is 10.0. The van der Waals surface area contributed by atoms with Crippen LogP contribution < -0.4 is 11.3 Å². The first-order valence-electron chi connectivity index (χ1n) is 5.79. The number of hydrogen-bond donors (Lipinski definition) is 2. The van der Waals surface area contributed by atoms with Gasteiger partial charge >= 0.3 is 0 Å². The summed E-state index contributed by atoms with van der Waals surface area (Å²) in [5.74, 6) is 5.62. The van der Waals surface area contributed by atoms with E-state index in [-0.39, 0.29) is 6.04 Å². The maximum atomic E-state index is 5.62. The van der Waals surface area contributed by atoms with Crippen molar-refractivity contribution in [3.63, 3.8) is 0 Å². The van der Waals surface area contributed by atoms with Gasteiger partial charge in [-0.2, -0.15) is 5.10 Å². The van der Waals surface area contributed by atoms with E-state index in [0.29, 0.717) is 0 Å². The molecule has 0 amide bonds. The zero-order valence-corrected chi connectivity index (χ0v) is 10.2. The molecule has 0 saturated carbocycles. The van der Waals surface area contributed by atoms with Crippen molar-refractivity contribution in [3.8, 4) is 0 Å². The lowest BCUT2D eigenvalue weighted by Gasteiger charge is -2.14. The summed E-state index contributed by atoms with van der Waals surface area (Å²) >= 11 is 0. The second-order valence-electron chi connectivity index (χ2n) is 4.11. The smallest absolute Gasteiger partial charge is 0.0899 e. The lowest BCUT2D eigenvalue weighted by molar-refractivity contribution is 0.603. The number of aryl methyl sites for hydroxylation is 2. The Morgan fingerprint density at radius 2 is 2.00 bits per heavy atom. The third-order valence-electron chi connectivity index (χ3n) is 2.92. The zero-order valence-electron chi connectivity index (χ0n) is 10.2. The molecule has 1 unspecified atom stereocenters. The van der Waals surface area contributed by atoms with Crippen molar-refractivity contribution < 1.29 is 0 Å². The molecule has 1 atom stereocenters. The molecule has 4 heteroatoms. The fourth-order valence-corrected chi connectivity index (χ4v) is 1.89. The fourth-order valence-electron chi connectivity index (χ4n) is 1.89. The SMILES string of the molecule is CCc1ccc(C(NN)c2ccn(C)n2)cc1. The Balaban J connectivity index is 2.28. The number of hydrazine groups is 1. The number of nitrogens with two attached hydrogens (primary N) is 1. The number of nitrogens with one attached hydrogen (secondary N) is 1. The van der Waals surface area contributed by atoms with Crippen LogP contribution in [0, 0.1) is 0 Å². The van der Waals surface area contributed by atoms with Gasteiger partial charge in [0.25, 0.3) is 0 Å². The highest BCUT2D eigenvalue weighted by molar-refractivity contribution is 5.30. The summed E-state index contributed by atoms with van der Waals surface area (Å²) in [6.45, 7) is 2.15. The third-order valence-corrected chi connectivity index (χ3v) is 2.92. The summed E-state index contributed by atoms with van der Waals surface area (Å²) in [5, 5.41) is 4.37. The van der Waals surface area contributed by atoms with Gasteiger partial charge in [0.05, 0.1) is 11.7 Å². The first-order chi connectivity index (χ1) is 8.24. The van der Waals surface area contributed by atoms with Crippen molar-refractivity contribution in [1.82, 2.24) is 15.2 Å². The topological polar surface area (TPSA) is 55.9 Å². The molecule has 0 aliphatic heterocycles. The molecule has 0 radical (unpaired) electrons. The molecule has 0 fully saturated rings. The molecule has 1 aromatic carbocycles. The van der Waals surface area contributed by atoms with Crippen LogP contribution in [0.1, 0.15) is 29.8 Å². The minimum Gasteiger partial charge on any atom is -0.275 e. The summed E-state index contributed by atoms with van der Waals surface area (Å²) in [6.07, 6.45) is 2.96. The number of aromatic nitrogens is 2. The van der Waals surface area contributed by atoms with E-state index in [2.05, 4.69) is 41.7 Å². The summed E-state index contributed by atoms with van der Waals surface area (Å²) in [6, 6.07) is 10.4. The van der Waals surface area contributed by atoms with Gasteiger partial charge in [0.15, 0.2) is 0 Å². The summed E-state index contributed by atoms with van der Waals surface area (Å²) in [4.78, 5) is 0. The van der Waals surface area contributed by atoms with Crippen LogP contribution in [-0.2, 0) is 13.5 Å². The molecule has 4 nitrogen and oxygen atoms in total. The molecular weight excluding hydrogens is 212 g/mol. The summed E-state index contributed by atoms with van der Waals surface area (Å²) in [7, 11) is 1.90. The van der Waals surface area contributed by atoms with Gasteiger partial charge in [-0.15, -0.1) is 0 Å². The van der Waals surface area contributed by atoms with Crippen LogP contribution in [0.15, 0.2) is 36.5 Å². The molecule has 1 heterocycles. The predicted molar refractivity (Wildman–Crippen MR) is 68.2 cm³/mol. The minimum absolute atomic E-state index is 0.0536. The van der Waals surface area contributed by atoms with E-state index >= 15 is 0 Å². The van der Waals surface area contributed by atoms with E-state index in [1.807, 2.05) is 19.3 Å². The van der Waals surface area contributed by atoms with E-state index in [1.165, 1.54) is 5.56 Å². The minimum atomic E-state index is -0.0536. The Morgan fingerprint density at radius 3 is 2.47 bits per heavy atom. The molecule has 2 rings (SSSR count). The molecule has 0 aliphatic rings. The number of rotatable bonds is 4. The van der Waals surface area contributed by atoms with Gasteiger partial charge in [0.1, 0.15) is 0 Å². The normalized spacial score (nSPS) is 12.6. The molecule has 0 spiro atoms. The molecule has 90 valence electrons. The number of hydrogen-bond acceptors (Lipinski definition) is 3. The Bertz CT molecular complexity index is 472. The molecule has 3 N–H and O–H groups in total.